The van der Waals surface area contributed by atoms with E-state index >= 15 is 0 Å². The maximum Gasteiger partial charge on any atom is 0.240 e. The Bertz CT molecular complexity index is 552. The van der Waals surface area contributed by atoms with Gasteiger partial charge in [0.25, 0.3) is 0 Å². The van der Waals surface area contributed by atoms with E-state index < -0.39 is 15.8 Å². The first-order valence-corrected chi connectivity index (χ1v) is 6.80. The topological polar surface area (TPSA) is 90.2 Å². The Morgan fingerprint density at radius 1 is 1.39 bits per heavy atom. The summed E-state index contributed by atoms with van der Waals surface area (Å²) in [5.74, 6) is -0.753. The predicted octanol–water partition coefficient (Wildman–Crippen LogP) is 0.748. The van der Waals surface area contributed by atoms with Gasteiger partial charge in [-0.25, -0.2) is 17.5 Å². The molecule has 0 heterocycles. The molecule has 0 bridgehead atoms. The van der Waals surface area contributed by atoms with Crippen molar-refractivity contribution in [1.82, 2.24) is 4.72 Å². The molecule has 0 aliphatic rings. The van der Waals surface area contributed by atoms with Gasteiger partial charge in [-0.05, 0) is 31.0 Å². The van der Waals surface area contributed by atoms with E-state index in [1.165, 1.54) is 0 Å². The summed E-state index contributed by atoms with van der Waals surface area (Å²) in [6.45, 7) is 0.180. The van der Waals surface area contributed by atoms with Crippen LogP contribution in [0.15, 0.2) is 23.1 Å². The lowest BCUT2D eigenvalue weighted by atomic mass is 10.2. The van der Waals surface area contributed by atoms with Crippen molar-refractivity contribution >= 4 is 10.0 Å². The van der Waals surface area contributed by atoms with Crippen molar-refractivity contribution in [3.05, 3.63) is 29.6 Å². The number of sulfonamides is 1. The molecule has 5 nitrogen and oxygen atoms in total. The second kappa shape index (κ2) is 6.44. The van der Waals surface area contributed by atoms with Crippen LogP contribution in [0.25, 0.3) is 0 Å². The van der Waals surface area contributed by atoms with Gasteiger partial charge in [-0.2, -0.15) is 5.26 Å². The average molecular weight is 272 g/mol. The fourth-order valence-corrected chi connectivity index (χ4v) is 2.38. The Morgan fingerprint density at radius 3 is 2.72 bits per heavy atom. The van der Waals surface area contributed by atoms with Crippen molar-refractivity contribution in [2.45, 2.75) is 17.7 Å². The molecule has 0 aliphatic carbocycles. The van der Waals surface area contributed by atoms with E-state index in [4.69, 9.17) is 10.4 Å². The molecule has 0 radical (unpaired) electrons. The summed E-state index contributed by atoms with van der Waals surface area (Å²) in [5.41, 5.74) is -0.312. The summed E-state index contributed by atoms with van der Waals surface area (Å²) < 4.78 is 38.9. The summed E-state index contributed by atoms with van der Waals surface area (Å²) in [6, 6.07) is 4.62. The monoisotopic (exact) mass is 272 g/mol. The van der Waals surface area contributed by atoms with E-state index in [1.807, 2.05) is 0 Å². The van der Waals surface area contributed by atoms with Crippen molar-refractivity contribution < 1.29 is 17.9 Å². The molecule has 18 heavy (non-hydrogen) atoms. The third-order valence-electron chi connectivity index (χ3n) is 2.25. The first-order valence-electron chi connectivity index (χ1n) is 5.31. The van der Waals surface area contributed by atoms with Crippen LogP contribution in [0.2, 0.25) is 0 Å². The molecule has 0 saturated carbocycles. The van der Waals surface area contributed by atoms with Crippen LogP contribution in [0.1, 0.15) is 18.4 Å². The van der Waals surface area contributed by atoms with Gasteiger partial charge in [0.15, 0.2) is 0 Å². The number of nitriles is 1. The molecule has 0 unspecified atom stereocenters. The number of nitrogens with zero attached hydrogens (tertiary/aromatic N) is 1. The molecule has 1 aromatic rings. The highest BCUT2D eigenvalue weighted by Gasteiger charge is 2.15. The minimum atomic E-state index is -3.74. The lowest BCUT2D eigenvalue weighted by Gasteiger charge is -2.06. The van der Waals surface area contributed by atoms with Gasteiger partial charge >= 0.3 is 0 Å². The second-order valence-electron chi connectivity index (χ2n) is 3.58. The van der Waals surface area contributed by atoms with E-state index in [0.29, 0.717) is 12.8 Å². The summed E-state index contributed by atoms with van der Waals surface area (Å²) in [7, 11) is -3.74. The summed E-state index contributed by atoms with van der Waals surface area (Å²) in [6.07, 6.45) is 0.997. The van der Waals surface area contributed by atoms with Crippen molar-refractivity contribution in [3.8, 4) is 6.07 Å². The standard InChI is InChI=1S/C11H13FN2O3S/c12-11-4-3-10(7-9(11)8-13)18(16,17)14-5-1-2-6-15/h3-4,7,14-15H,1-2,5-6H2. The minimum absolute atomic E-state index is 0.00312. The molecule has 7 heteroatoms. The fourth-order valence-electron chi connectivity index (χ4n) is 1.28. The number of aliphatic hydroxyl groups excluding tert-OH is 1. The highest BCUT2D eigenvalue weighted by Crippen LogP contribution is 2.14. The molecule has 0 saturated heterocycles. The molecule has 0 fully saturated rings. The number of benzene rings is 1. The third-order valence-corrected chi connectivity index (χ3v) is 3.70. The van der Waals surface area contributed by atoms with Gasteiger partial charge in [-0.1, -0.05) is 0 Å². The normalized spacial score (nSPS) is 11.2. The SMILES string of the molecule is N#Cc1cc(S(=O)(=O)NCCCCO)ccc1F. The van der Waals surface area contributed by atoms with Crippen molar-refractivity contribution in [3.63, 3.8) is 0 Å². The van der Waals surface area contributed by atoms with E-state index in [1.54, 1.807) is 6.07 Å². The first-order chi connectivity index (χ1) is 8.51. The molecule has 0 spiro atoms. The van der Waals surface area contributed by atoms with Gasteiger partial charge in [0, 0.05) is 13.2 Å². The Kier molecular flexibility index (Phi) is 5.22. The van der Waals surface area contributed by atoms with E-state index in [2.05, 4.69) is 4.72 Å². The van der Waals surface area contributed by atoms with Gasteiger partial charge < -0.3 is 5.11 Å². The van der Waals surface area contributed by atoms with Gasteiger partial charge in [0.05, 0.1) is 10.5 Å². The lowest BCUT2D eigenvalue weighted by molar-refractivity contribution is 0.285. The van der Waals surface area contributed by atoms with E-state index in [9.17, 15) is 12.8 Å². The van der Waals surface area contributed by atoms with Crippen molar-refractivity contribution in [2.24, 2.45) is 0 Å². The van der Waals surface area contributed by atoms with Crippen LogP contribution in [0.3, 0.4) is 0 Å². The molecule has 0 aromatic heterocycles. The maximum atomic E-state index is 13.0. The number of aliphatic hydroxyl groups is 1. The Hall–Kier alpha value is -1.49. The zero-order chi connectivity index (χ0) is 13.6. The zero-order valence-corrected chi connectivity index (χ0v) is 10.4. The van der Waals surface area contributed by atoms with Crippen LogP contribution in [-0.2, 0) is 10.0 Å². The number of hydrogen-bond donors (Lipinski definition) is 2. The molecule has 1 rings (SSSR count). The van der Waals surface area contributed by atoms with Crippen molar-refractivity contribution in [2.75, 3.05) is 13.2 Å². The highest BCUT2D eigenvalue weighted by atomic mass is 32.2. The van der Waals surface area contributed by atoms with Crippen LogP contribution < -0.4 is 4.72 Å². The number of nitrogens with one attached hydrogen (secondary N) is 1. The number of unbranched alkanes of at least 4 members (excludes halogenated alkanes) is 1. The largest absolute Gasteiger partial charge is 0.396 e. The third kappa shape index (κ3) is 3.77. The maximum absolute atomic E-state index is 13.0. The van der Waals surface area contributed by atoms with Crippen LogP contribution >= 0.6 is 0 Å². The molecular weight excluding hydrogens is 259 g/mol. The van der Waals surface area contributed by atoms with E-state index in [-0.39, 0.29) is 23.6 Å². The molecule has 98 valence electrons. The van der Waals surface area contributed by atoms with Gasteiger partial charge in [0.1, 0.15) is 11.9 Å². The Labute approximate surface area is 105 Å². The second-order valence-corrected chi connectivity index (χ2v) is 5.35. The quantitative estimate of drug-likeness (QED) is 0.748. The van der Waals surface area contributed by atoms with Crippen LogP contribution in [-0.4, -0.2) is 26.7 Å². The van der Waals surface area contributed by atoms with Crippen LogP contribution in [0.5, 0.6) is 0 Å². The number of halogens is 1. The molecular formula is C11H13FN2O3S. The molecule has 1 aromatic carbocycles. The average Bonchev–Trinajstić information content (AvgIpc) is 2.35. The van der Waals surface area contributed by atoms with E-state index in [0.717, 1.165) is 18.2 Å². The van der Waals surface area contributed by atoms with Gasteiger partial charge in [-0.3, -0.25) is 0 Å². The number of rotatable bonds is 6. The van der Waals surface area contributed by atoms with Gasteiger partial charge in [-0.15, -0.1) is 0 Å². The molecule has 0 atom stereocenters. The molecule has 2 N–H and O–H groups in total. The molecule has 0 aliphatic heterocycles. The predicted molar refractivity (Wildman–Crippen MR) is 62.6 cm³/mol. The van der Waals surface area contributed by atoms with Gasteiger partial charge in [0.2, 0.25) is 10.0 Å². The highest BCUT2D eigenvalue weighted by molar-refractivity contribution is 7.89. The Morgan fingerprint density at radius 2 is 2.11 bits per heavy atom. The summed E-state index contributed by atoms with van der Waals surface area (Å²) >= 11 is 0. The van der Waals surface area contributed by atoms with Crippen molar-refractivity contribution in [1.29, 1.82) is 5.26 Å². The minimum Gasteiger partial charge on any atom is -0.396 e. The van der Waals surface area contributed by atoms with Crippen LogP contribution in [0, 0.1) is 17.1 Å². The first kappa shape index (κ1) is 14.6. The zero-order valence-electron chi connectivity index (χ0n) is 9.56. The smallest absolute Gasteiger partial charge is 0.240 e. The number of hydrogen-bond acceptors (Lipinski definition) is 4. The fraction of sp³-hybridized carbons (Fsp3) is 0.364. The van der Waals surface area contributed by atoms with Crippen LogP contribution in [0.4, 0.5) is 4.39 Å². The summed E-state index contributed by atoms with van der Waals surface area (Å²) in [5, 5.41) is 17.2. The Balaban J connectivity index is 2.83. The lowest BCUT2D eigenvalue weighted by Crippen LogP contribution is -2.25. The molecule has 0 amide bonds. The summed E-state index contributed by atoms with van der Waals surface area (Å²) in [4.78, 5) is -0.149.